The van der Waals surface area contributed by atoms with Gasteiger partial charge in [-0.2, -0.15) is 15.3 Å². The summed E-state index contributed by atoms with van der Waals surface area (Å²) in [7, 11) is 0. The van der Waals surface area contributed by atoms with Gasteiger partial charge in [-0.05, 0) is 56.1 Å². The molecule has 0 saturated carbocycles. The molecular formula is C24H21ClN6O. The Morgan fingerprint density at radius 1 is 1.19 bits per heavy atom. The van der Waals surface area contributed by atoms with Crippen LogP contribution in [-0.4, -0.2) is 38.8 Å². The lowest BCUT2D eigenvalue weighted by Gasteiger charge is -2.23. The molecule has 1 saturated heterocycles. The average molecular weight is 445 g/mol. The fraction of sp³-hybridized carbons (Fsp3) is 0.250. The van der Waals surface area contributed by atoms with Gasteiger partial charge in [-0.3, -0.25) is 0 Å². The average Bonchev–Trinajstić information content (AvgIpc) is 3.18. The molecule has 0 amide bonds. The first kappa shape index (κ1) is 20.4. The van der Waals surface area contributed by atoms with Gasteiger partial charge in [0.25, 0.3) is 0 Å². The van der Waals surface area contributed by atoms with Gasteiger partial charge in [0, 0.05) is 30.1 Å². The molecule has 1 aliphatic heterocycles. The van der Waals surface area contributed by atoms with Gasteiger partial charge in [-0.1, -0.05) is 23.7 Å². The molecule has 5 rings (SSSR count). The number of hydrogen-bond acceptors (Lipinski definition) is 6. The van der Waals surface area contributed by atoms with Crippen molar-refractivity contribution in [3.8, 4) is 34.3 Å². The highest BCUT2D eigenvalue weighted by molar-refractivity contribution is 6.29. The van der Waals surface area contributed by atoms with E-state index in [2.05, 4.69) is 16.4 Å². The molecule has 1 atom stereocenters. The molecule has 32 heavy (non-hydrogen) atoms. The highest BCUT2D eigenvalue weighted by Gasteiger charge is 2.21. The van der Waals surface area contributed by atoms with Crippen molar-refractivity contribution in [3.05, 3.63) is 65.1 Å². The zero-order valence-corrected chi connectivity index (χ0v) is 18.3. The number of nitriles is 1. The number of rotatable bonds is 4. The van der Waals surface area contributed by atoms with Crippen molar-refractivity contribution in [2.24, 2.45) is 0 Å². The molecule has 8 heteroatoms. The minimum absolute atomic E-state index is 0.0921. The van der Waals surface area contributed by atoms with Crippen LogP contribution in [0.2, 0.25) is 5.15 Å². The first-order valence-corrected chi connectivity index (χ1v) is 10.9. The fourth-order valence-electron chi connectivity index (χ4n) is 4.05. The third-order valence-corrected chi connectivity index (χ3v) is 5.67. The number of halogens is 1. The summed E-state index contributed by atoms with van der Waals surface area (Å²) in [4.78, 5) is 9.11. The van der Waals surface area contributed by atoms with Crippen LogP contribution < -0.4 is 10.1 Å². The Kier molecular flexibility index (Phi) is 5.48. The van der Waals surface area contributed by atoms with Gasteiger partial charge in [0.15, 0.2) is 5.65 Å². The lowest BCUT2D eigenvalue weighted by molar-refractivity contribution is 0.160. The summed E-state index contributed by atoms with van der Waals surface area (Å²) in [6, 6.07) is 15.2. The molecule has 1 N–H and O–H groups in total. The van der Waals surface area contributed by atoms with Crippen molar-refractivity contribution in [2.75, 3.05) is 13.1 Å². The molecule has 0 aliphatic carbocycles. The summed E-state index contributed by atoms with van der Waals surface area (Å²) in [6.07, 6.45) is 4.02. The van der Waals surface area contributed by atoms with Gasteiger partial charge in [-0.15, -0.1) is 0 Å². The molecule has 4 aromatic rings. The highest BCUT2D eigenvalue weighted by Crippen LogP contribution is 2.36. The number of aromatic nitrogens is 4. The van der Waals surface area contributed by atoms with Crippen LogP contribution in [0.4, 0.5) is 0 Å². The van der Waals surface area contributed by atoms with Crippen LogP contribution in [0.5, 0.6) is 5.88 Å². The third kappa shape index (κ3) is 4.03. The standard InChI is InChI=1S/C24H21ClN6O/c1-15-10-18(12-20(25)28-15)22-23(17-5-2-4-16(11-17)13-26)30-31-9-7-21(29-24(22)31)32-19-6-3-8-27-14-19/h2,4-5,7,9-12,19,27H,3,6,8,14H2,1H3/t19-/m0/s1. The van der Waals surface area contributed by atoms with E-state index in [1.54, 1.807) is 10.6 Å². The van der Waals surface area contributed by atoms with Crippen LogP contribution in [0.1, 0.15) is 24.1 Å². The predicted octanol–water partition coefficient (Wildman–Crippen LogP) is 4.42. The SMILES string of the molecule is Cc1cc(-c2c(-c3cccc(C#N)c3)nn3ccc(O[C@H]4CCCNC4)nc23)cc(Cl)n1. The second-order valence-electron chi connectivity index (χ2n) is 7.86. The van der Waals surface area contributed by atoms with Gasteiger partial charge >= 0.3 is 0 Å². The van der Waals surface area contributed by atoms with Gasteiger partial charge in [0.2, 0.25) is 5.88 Å². The molecule has 160 valence electrons. The van der Waals surface area contributed by atoms with E-state index in [9.17, 15) is 5.26 Å². The molecule has 1 aromatic carbocycles. The Morgan fingerprint density at radius 2 is 2.09 bits per heavy atom. The summed E-state index contributed by atoms with van der Waals surface area (Å²) in [5.41, 5.74) is 5.24. The quantitative estimate of drug-likeness (QED) is 0.469. The number of benzene rings is 1. The van der Waals surface area contributed by atoms with Crippen molar-refractivity contribution in [3.63, 3.8) is 0 Å². The normalized spacial score (nSPS) is 16.1. The number of hydrogen-bond donors (Lipinski definition) is 1. The van der Waals surface area contributed by atoms with Crippen molar-refractivity contribution in [1.29, 1.82) is 5.26 Å². The number of piperidine rings is 1. The van der Waals surface area contributed by atoms with Gasteiger partial charge in [0.05, 0.1) is 17.2 Å². The van der Waals surface area contributed by atoms with Crippen LogP contribution in [0.15, 0.2) is 48.7 Å². The topological polar surface area (TPSA) is 88.1 Å². The van der Waals surface area contributed by atoms with Crippen LogP contribution in [0.3, 0.4) is 0 Å². The smallest absolute Gasteiger partial charge is 0.217 e. The van der Waals surface area contributed by atoms with E-state index < -0.39 is 0 Å². The molecule has 7 nitrogen and oxygen atoms in total. The Labute approximate surface area is 190 Å². The fourth-order valence-corrected chi connectivity index (χ4v) is 4.30. The molecule has 0 bridgehead atoms. The molecule has 0 radical (unpaired) electrons. The van der Waals surface area contributed by atoms with E-state index in [1.165, 1.54) is 0 Å². The zero-order chi connectivity index (χ0) is 22.1. The highest BCUT2D eigenvalue weighted by atomic mass is 35.5. The third-order valence-electron chi connectivity index (χ3n) is 5.47. The van der Waals surface area contributed by atoms with E-state index in [-0.39, 0.29) is 6.10 Å². The maximum atomic E-state index is 9.36. The van der Waals surface area contributed by atoms with Crippen LogP contribution in [0.25, 0.3) is 28.0 Å². The minimum Gasteiger partial charge on any atom is -0.473 e. The number of nitrogens with one attached hydrogen (secondary N) is 1. The Balaban J connectivity index is 1.69. The number of pyridine rings is 1. The van der Waals surface area contributed by atoms with E-state index >= 15 is 0 Å². The first-order chi connectivity index (χ1) is 15.6. The predicted molar refractivity (Wildman–Crippen MR) is 123 cm³/mol. The lowest BCUT2D eigenvalue weighted by Crippen LogP contribution is -2.37. The summed E-state index contributed by atoms with van der Waals surface area (Å²) in [6.45, 7) is 3.73. The second kappa shape index (κ2) is 8.58. The van der Waals surface area contributed by atoms with Crippen molar-refractivity contribution >= 4 is 17.2 Å². The largest absolute Gasteiger partial charge is 0.473 e. The van der Waals surface area contributed by atoms with E-state index in [4.69, 9.17) is 26.4 Å². The van der Waals surface area contributed by atoms with Crippen molar-refractivity contribution in [2.45, 2.75) is 25.9 Å². The van der Waals surface area contributed by atoms with Crippen LogP contribution >= 0.6 is 11.6 Å². The number of fused-ring (bicyclic) bond motifs is 1. The van der Waals surface area contributed by atoms with E-state index in [0.717, 1.165) is 48.3 Å². The molecule has 1 aliphatic rings. The van der Waals surface area contributed by atoms with Gasteiger partial charge < -0.3 is 10.1 Å². The molecule has 1 fully saturated rings. The number of nitrogens with zero attached hydrogens (tertiary/aromatic N) is 5. The lowest BCUT2D eigenvalue weighted by atomic mass is 10.0. The van der Waals surface area contributed by atoms with E-state index in [0.29, 0.717) is 27.9 Å². The van der Waals surface area contributed by atoms with Crippen LogP contribution in [0, 0.1) is 18.3 Å². The molecule has 4 heterocycles. The zero-order valence-electron chi connectivity index (χ0n) is 17.5. The summed E-state index contributed by atoms with van der Waals surface area (Å²) < 4.78 is 7.89. The maximum absolute atomic E-state index is 9.36. The summed E-state index contributed by atoms with van der Waals surface area (Å²) >= 11 is 6.29. The molecular weight excluding hydrogens is 424 g/mol. The first-order valence-electron chi connectivity index (χ1n) is 10.5. The van der Waals surface area contributed by atoms with Crippen molar-refractivity contribution < 1.29 is 4.74 Å². The van der Waals surface area contributed by atoms with Crippen LogP contribution in [-0.2, 0) is 0 Å². The Morgan fingerprint density at radius 3 is 2.88 bits per heavy atom. The van der Waals surface area contributed by atoms with E-state index in [1.807, 2.05) is 49.5 Å². The number of ether oxygens (including phenoxy) is 1. The summed E-state index contributed by atoms with van der Waals surface area (Å²) in [5.74, 6) is 0.557. The van der Waals surface area contributed by atoms with Crippen molar-refractivity contribution in [1.82, 2.24) is 24.9 Å². The Hall–Kier alpha value is -3.47. The molecule has 3 aromatic heterocycles. The Bertz CT molecular complexity index is 1320. The van der Waals surface area contributed by atoms with Gasteiger partial charge in [0.1, 0.15) is 17.0 Å². The summed E-state index contributed by atoms with van der Waals surface area (Å²) in [5, 5.41) is 17.9. The number of aryl methyl sites for hydroxylation is 1. The molecule has 0 spiro atoms. The maximum Gasteiger partial charge on any atom is 0.217 e. The minimum atomic E-state index is 0.0921. The molecule has 0 unspecified atom stereocenters. The van der Waals surface area contributed by atoms with Gasteiger partial charge in [-0.25, -0.2) is 9.50 Å². The second-order valence-corrected chi connectivity index (χ2v) is 8.24. The monoisotopic (exact) mass is 444 g/mol.